The van der Waals surface area contributed by atoms with Crippen molar-refractivity contribution in [3.63, 3.8) is 0 Å². The predicted molar refractivity (Wildman–Crippen MR) is 96.0 cm³/mol. The summed E-state index contributed by atoms with van der Waals surface area (Å²) in [7, 11) is 0. The molecule has 0 fully saturated rings. The van der Waals surface area contributed by atoms with Gasteiger partial charge in [0.05, 0.1) is 18.8 Å². The van der Waals surface area contributed by atoms with Gasteiger partial charge in [-0.3, -0.25) is 0 Å². The van der Waals surface area contributed by atoms with Crippen LogP contribution in [-0.4, -0.2) is 25.8 Å². The molecule has 5 heteroatoms. The minimum Gasteiger partial charge on any atom is -0.492 e. The first-order chi connectivity index (χ1) is 11.6. The highest BCUT2D eigenvalue weighted by Crippen LogP contribution is 2.23. The number of carbonyl (C=O) groups is 1. The molecule has 2 aromatic rings. The van der Waals surface area contributed by atoms with Crippen LogP contribution in [0.1, 0.15) is 18.1 Å². The number of para-hydroxylation sites is 2. The number of benzene rings is 2. The van der Waals surface area contributed by atoms with Gasteiger partial charge in [0.1, 0.15) is 18.1 Å². The average molecular weight is 328 g/mol. The molecule has 0 saturated heterocycles. The lowest BCUT2D eigenvalue weighted by Gasteiger charge is -2.13. The van der Waals surface area contributed by atoms with E-state index < -0.39 is 0 Å². The maximum atomic E-state index is 12.0. The molecule has 2 amide bonds. The monoisotopic (exact) mass is 328 g/mol. The number of hydrogen-bond donors (Lipinski definition) is 2. The van der Waals surface area contributed by atoms with Crippen LogP contribution in [0, 0.1) is 13.8 Å². The molecular formula is C19H24N2O3. The zero-order valence-corrected chi connectivity index (χ0v) is 14.4. The van der Waals surface area contributed by atoms with Gasteiger partial charge in [-0.25, -0.2) is 4.79 Å². The van der Waals surface area contributed by atoms with Crippen LogP contribution < -0.4 is 20.1 Å². The van der Waals surface area contributed by atoms with Gasteiger partial charge in [0.25, 0.3) is 0 Å². The molecule has 2 aromatic carbocycles. The first-order valence-electron chi connectivity index (χ1n) is 8.07. The Bertz CT molecular complexity index is 686. The van der Waals surface area contributed by atoms with Crippen molar-refractivity contribution >= 4 is 11.7 Å². The number of nitrogens with one attached hydrogen (secondary N) is 2. The third-order valence-electron chi connectivity index (χ3n) is 3.64. The van der Waals surface area contributed by atoms with E-state index >= 15 is 0 Å². The zero-order chi connectivity index (χ0) is 17.4. The summed E-state index contributed by atoms with van der Waals surface area (Å²) in [5, 5.41) is 5.56. The van der Waals surface area contributed by atoms with Crippen molar-refractivity contribution in [2.24, 2.45) is 0 Å². The molecule has 5 nitrogen and oxygen atoms in total. The molecule has 0 aliphatic rings. The number of ether oxygens (including phenoxy) is 2. The van der Waals surface area contributed by atoms with Crippen LogP contribution in [0.25, 0.3) is 0 Å². The molecule has 2 rings (SSSR count). The topological polar surface area (TPSA) is 59.6 Å². The lowest BCUT2D eigenvalue weighted by Crippen LogP contribution is -2.32. The quantitative estimate of drug-likeness (QED) is 0.758. The van der Waals surface area contributed by atoms with Crippen LogP contribution in [-0.2, 0) is 0 Å². The van der Waals surface area contributed by atoms with E-state index in [0.717, 1.165) is 11.3 Å². The molecule has 0 saturated carbocycles. The van der Waals surface area contributed by atoms with E-state index in [4.69, 9.17) is 9.47 Å². The first-order valence-corrected chi connectivity index (χ1v) is 8.07. The smallest absolute Gasteiger partial charge is 0.319 e. The highest BCUT2D eigenvalue weighted by molar-refractivity contribution is 5.90. The number of rotatable bonds is 7. The van der Waals surface area contributed by atoms with Gasteiger partial charge in [0, 0.05) is 0 Å². The van der Waals surface area contributed by atoms with Gasteiger partial charge < -0.3 is 20.1 Å². The van der Waals surface area contributed by atoms with Gasteiger partial charge in [-0.1, -0.05) is 24.3 Å². The molecule has 0 aliphatic heterocycles. The fourth-order valence-electron chi connectivity index (χ4n) is 2.22. The Morgan fingerprint density at radius 2 is 1.75 bits per heavy atom. The molecule has 128 valence electrons. The van der Waals surface area contributed by atoms with Crippen molar-refractivity contribution in [1.82, 2.24) is 5.32 Å². The van der Waals surface area contributed by atoms with Gasteiger partial charge in [-0.05, 0) is 50.1 Å². The van der Waals surface area contributed by atoms with Crippen molar-refractivity contribution in [2.45, 2.75) is 20.8 Å². The molecule has 0 bridgehead atoms. The average Bonchev–Trinajstić information content (AvgIpc) is 2.57. The molecule has 24 heavy (non-hydrogen) atoms. The van der Waals surface area contributed by atoms with E-state index in [1.807, 2.05) is 57.2 Å². The second-order valence-electron chi connectivity index (χ2n) is 5.36. The summed E-state index contributed by atoms with van der Waals surface area (Å²) in [4.78, 5) is 12.0. The minimum atomic E-state index is -0.285. The Morgan fingerprint density at radius 3 is 2.54 bits per heavy atom. The normalized spacial score (nSPS) is 10.1. The van der Waals surface area contributed by atoms with Crippen LogP contribution in [0.15, 0.2) is 42.5 Å². The van der Waals surface area contributed by atoms with Crippen molar-refractivity contribution in [1.29, 1.82) is 0 Å². The highest BCUT2D eigenvalue weighted by atomic mass is 16.5. The van der Waals surface area contributed by atoms with Crippen molar-refractivity contribution in [3.8, 4) is 11.5 Å². The summed E-state index contributed by atoms with van der Waals surface area (Å²) in [6.07, 6.45) is 0. The summed E-state index contributed by atoms with van der Waals surface area (Å²) in [5.41, 5.74) is 2.95. The third kappa shape index (κ3) is 4.91. The van der Waals surface area contributed by atoms with E-state index in [-0.39, 0.29) is 6.03 Å². The molecular weight excluding hydrogens is 304 g/mol. The SMILES string of the molecule is CCOc1ccccc1NC(=O)NCCOc1cccc(C)c1C. The van der Waals surface area contributed by atoms with E-state index in [2.05, 4.69) is 10.6 Å². The van der Waals surface area contributed by atoms with Crippen LogP contribution in [0.5, 0.6) is 11.5 Å². The highest BCUT2D eigenvalue weighted by Gasteiger charge is 2.07. The maximum Gasteiger partial charge on any atom is 0.319 e. The fraction of sp³-hybridized carbons (Fsp3) is 0.316. The standard InChI is InChI=1S/C19H24N2O3/c1-4-23-18-10-6-5-9-16(18)21-19(22)20-12-13-24-17-11-7-8-14(2)15(17)3/h5-11H,4,12-13H2,1-3H3,(H2,20,21,22). The second kappa shape index (κ2) is 8.82. The number of aryl methyl sites for hydroxylation is 1. The number of carbonyl (C=O) groups excluding carboxylic acids is 1. The van der Waals surface area contributed by atoms with E-state index in [0.29, 0.717) is 31.2 Å². The molecule has 0 spiro atoms. The van der Waals surface area contributed by atoms with Crippen molar-refractivity contribution in [3.05, 3.63) is 53.6 Å². The lowest BCUT2D eigenvalue weighted by atomic mass is 10.1. The molecule has 0 aromatic heterocycles. The Kier molecular flexibility index (Phi) is 6.49. The number of urea groups is 1. The lowest BCUT2D eigenvalue weighted by molar-refractivity contribution is 0.247. The number of anilines is 1. The Hall–Kier alpha value is -2.69. The molecule has 0 radical (unpaired) electrons. The molecule has 2 N–H and O–H groups in total. The summed E-state index contributed by atoms with van der Waals surface area (Å²) in [6, 6.07) is 13.0. The molecule has 0 aliphatic carbocycles. The second-order valence-corrected chi connectivity index (χ2v) is 5.36. The van der Waals surface area contributed by atoms with Crippen LogP contribution in [0.3, 0.4) is 0 Å². The third-order valence-corrected chi connectivity index (χ3v) is 3.64. The van der Waals surface area contributed by atoms with Gasteiger partial charge >= 0.3 is 6.03 Å². The summed E-state index contributed by atoms with van der Waals surface area (Å²) >= 11 is 0. The summed E-state index contributed by atoms with van der Waals surface area (Å²) in [5.74, 6) is 1.50. The van der Waals surface area contributed by atoms with E-state index in [1.54, 1.807) is 6.07 Å². The van der Waals surface area contributed by atoms with Crippen LogP contribution in [0.2, 0.25) is 0 Å². The minimum absolute atomic E-state index is 0.285. The summed E-state index contributed by atoms with van der Waals surface area (Å²) < 4.78 is 11.2. The van der Waals surface area contributed by atoms with Gasteiger partial charge in [0.15, 0.2) is 0 Å². The maximum absolute atomic E-state index is 12.0. The summed E-state index contributed by atoms with van der Waals surface area (Å²) in [6.45, 7) is 7.34. The van der Waals surface area contributed by atoms with Crippen LogP contribution >= 0.6 is 0 Å². The Labute approximate surface area is 143 Å². The zero-order valence-electron chi connectivity index (χ0n) is 14.4. The molecule has 0 heterocycles. The number of hydrogen-bond acceptors (Lipinski definition) is 3. The Balaban J connectivity index is 1.79. The number of amides is 2. The van der Waals surface area contributed by atoms with Gasteiger partial charge in [-0.2, -0.15) is 0 Å². The largest absolute Gasteiger partial charge is 0.492 e. The van der Waals surface area contributed by atoms with E-state index in [9.17, 15) is 4.79 Å². The van der Waals surface area contributed by atoms with E-state index in [1.165, 1.54) is 5.56 Å². The Morgan fingerprint density at radius 1 is 1.00 bits per heavy atom. The van der Waals surface area contributed by atoms with Crippen molar-refractivity contribution < 1.29 is 14.3 Å². The molecule has 0 unspecified atom stereocenters. The van der Waals surface area contributed by atoms with Crippen molar-refractivity contribution in [2.75, 3.05) is 25.1 Å². The van der Waals surface area contributed by atoms with Gasteiger partial charge in [0.2, 0.25) is 0 Å². The first kappa shape index (κ1) is 17.7. The molecule has 0 atom stereocenters. The predicted octanol–water partition coefficient (Wildman–Crippen LogP) is 3.90. The van der Waals surface area contributed by atoms with Crippen LogP contribution in [0.4, 0.5) is 10.5 Å². The van der Waals surface area contributed by atoms with Gasteiger partial charge in [-0.15, -0.1) is 0 Å². The fourth-order valence-corrected chi connectivity index (χ4v) is 2.22.